The molecule has 0 atom stereocenters. The number of aromatic nitrogens is 4. The van der Waals surface area contributed by atoms with Crippen LogP contribution in [-0.4, -0.2) is 26.3 Å². The molecule has 4 rings (SSSR count). The van der Waals surface area contributed by atoms with Gasteiger partial charge in [-0.2, -0.15) is 0 Å². The van der Waals surface area contributed by atoms with Gasteiger partial charge in [-0.3, -0.25) is 4.79 Å². The number of fused-ring (bicyclic) bond motifs is 1. The molecule has 0 spiro atoms. The maximum Gasteiger partial charge on any atom is 0.211 e. The molecule has 0 saturated heterocycles. The van der Waals surface area contributed by atoms with Crippen LogP contribution in [-0.2, 0) is 4.79 Å². The van der Waals surface area contributed by atoms with Gasteiger partial charge < -0.3 is 15.3 Å². The number of hydrogen-bond donors (Lipinski definition) is 3. The number of imidazole rings is 2. The van der Waals surface area contributed by atoms with Gasteiger partial charge in [0.2, 0.25) is 6.41 Å². The largest absolute Gasteiger partial charge is 0.337 e. The molecule has 3 N–H and O–H groups in total. The van der Waals surface area contributed by atoms with E-state index in [0.717, 1.165) is 22.6 Å². The quantitative estimate of drug-likeness (QED) is 0.506. The summed E-state index contributed by atoms with van der Waals surface area (Å²) < 4.78 is 0. The van der Waals surface area contributed by atoms with Crippen LogP contribution < -0.4 is 5.32 Å². The fourth-order valence-corrected chi connectivity index (χ4v) is 2.52. The first-order valence-corrected chi connectivity index (χ1v) is 7.15. The number of hydrogen-bond acceptors (Lipinski definition) is 3. The number of H-pyrrole nitrogens is 2. The highest BCUT2D eigenvalue weighted by molar-refractivity contribution is 5.94. The lowest BCUT2D eigenvalue weighted by atomic mass is 10.2. The standard InChI is InChI=1S/C17H13N5O/c23-10-19-12-7-4-8-13-15(12)22-17(20-13)14-9-18-16(21-14)11-5-2-1-3-6-11/h1-10H,(H,18,21)(H,19,23)(H,20,22). The Bertz CT molecular complexity index is 971. The van der Waals surface area contributed by atoms with E-state index < -0.39 is 0 Å². The fourth-order valence-electron chi connectivity index (χ4n) is 2.52. The molecular formula is C17H13N5O. The van der Waals surface area contributed by atoms with Crippen LogP contribution in [0.3, 0.4) is 0 Å². The number of carbonyl (C=O) groups excluding carboxylic acids is 1. The summed E-state index contributed by atoms with van der Waals surface area (Å²) in [7, 11) is 0. The van der Waals surface area contributed by atoms with Crippen molar-refractivity contribution in [1.29, 1.82) is 0 Å². The molecule has 4 aromatic rings. The molecule has 0 aliphatic carbocycles. The molecule has 2 aromatic carbocycles. The molecule has 0 radical (unpaired) electrons. The number of benzene rings is 2. The summed E-state index contributed by atoms with van der Waals surface area (Å²) in [5.41, 5.74) is 4.03. The van der Waals surface area contributed by atoms with E-state index in [4.69, 9.17) is 0 Å². The number of para-hydroxylation sites is 1. The number of amides is 1. The SMILES string of the molecule is O=CNc1cccc2[nH]c(-c3cnc(-c4ccccc4)[nH]3)nc12. The van der Waals surface area contributed by atoms with Crippen LogP contribution in [0.25, 0.3) is 33.9 Å². The van der Waals surface area contributed by atoms with Crippen molar-refractivity contribution in [3.63, 3.8) is 0 Å². The second-order valence-electron chi connectivity index (χ2n) is 5.06. The van der Waals surface area contributed by atoms with Crippen LogP contribution in [0.15, 0.2) is 54.7 Å². The van der Waals surface area contributed by atoms with Gasteiger partial charge in [-0.05, 0) is 12.1 Å². The molecule has 112 valence electrons. The molecule has 0 unspecified atom stereocenters. The van der Waals surface area contributed by atoms with Crippen molar-refractivity contribution in [2.45, 2.75) is 0 Å². The zero-order valence-corrected chi connectivity index (χ0v) is 12.1. The number of aromatic amines is 2. The van der Waals surface area contributed by atoms with Crippen molar-refractivity contribution >= 4 is 23.1 Å². The van der Waals surface area contributed by atoms with Crippen molar-refractivity contribution in [1.82, 2.24) is 19.9 Å². The van der Waals surface area contributed by atoms with Crippen LogP contribution in [0.5, 0.6) is 0 Å². The Hall–Kier alpha value is -3.41. The zero-order valence-electron chi connectivity index (χ0n) is 12.1. The minimum Gasteiger partial charge on any atom is -0.337 e. The molecule has 23 heavy (non-hydrogen) atoms. The molecule has 0 bridgehead atoms. The number of nitrogens with zero attached hydrogens (tertiary/aromatic N) is 2. The van der Waals surface area contributed by atoms with Crippen LogP contribution in [0.1, 0.15) is 0 Å². The lowest BCUT2D eigenvalue weighted by Crippen LogP contribution is -1.94. The van der Waals surface area contributed by atoms with Crippen LogP contribution in [0.2, 0.25) is 0 Å². The normalized spacial score (nSPS) is 10.8. The lowest BCUT2D eigenvalue weighted by Gasteiger charge is -1.97. The predicted octanol–water partition coefficient (Wildman–Crippen LogP) is 3.19. The van der Waals surface area contributed by atoms with Gasteiger partial charge in [0.25, 0.3) is 0 Å². The molecule has 6 heteroatoms. The third-order valence-electron chi connectivity index (χ3n) is 3.61. The first kappa shape index (κ1) is 13.3. The molecule has 2 heterocycles. The van der Waals surface area contributed by atoms with Gasteiger partial charge in [0.1, 0.15) is 17.0 Å². The van der Waals surface area contributed by atoms with Gasteiger partial charge in [-0.15, -0.1) is 0 Å². The van der Waals surface area contributed by atoms with Gasteiger partial charge in [-0.25, -0.2) is 9.97 Å². The van der Waals surface area contributed by atoms with Gasteiger partial charge in [0.15, 0.2) is 5.82 Å². The van der Waals surface area contributed by atoms with Gasteiger partial charge in [0, 0.05) is 5.56 Å². The van der Waals surface area contributed by atoms with E-state index in [1.54, 1.807) is 6.20 Å². The average Bonchev–Trinajstić information content (AvgIpc) is 3.23. The minimum absolute atomic E-state index is 0.646. The van der Waals surface area contributed by atoms with E-state index in [9.17, 15) is 4.79 Å². The summed E-state index contributed by atoms with van der Waals surface area (Å²) in [6.45, 7) is 0. The minimum atomic E-state index is 0.646. The van der Waals surface area contributed by atoms with Crippen molar-refractivity contribution in [2.24, 2.45) is 0 Å². The van der Waals surface area contributed by atoms with Crippen molar-refractivity contribution in [3.8, 4) is 22.9 Å². The van der Waals surface area contributed by atoms with E-state index in [0.29, 0.717) is 23.4 Å². The molecule has 0 fully saturated rings. The first-order valence-electron chi connectivity index (χ1n) is 7.15. The number of rotatable bonds is 4. The molecule has 1 amide bonds. The summed E-state index contributed by atoms with van der Waals surface area (Å²) in [6.07, 6.45) is 2.39. The molecule has 6 nitrogen and oxygen atoms in total. The maximum atomic E-state index is 10.7. The van der Waals surface area contributed by atoms with E-state index in [1.165, 1.54) is 0 Å². The number of anilines is 1. The second-order valence-corrected chi connectivity index (χ2v) is 5.06. The fraction of sp³-hybridized carbons (Fsp3) is 0. The van der Waals surface area contributed by atoms with Gasteiger partial charge in [0.05, 0.1) is 17.4 Å². The molecular weight excluding hydrogens is 290 g/mol. The molecule has 2 aromatic heterocycles. The number of carbonyl (C=O) groups is 1. The third kappa shape index (κ3) is 2.36. The summed E-state index contributed by atoms with van der Waals surface area (Å²) >= 11 is 0. The smallest absolute Gasteiger partial charge is 0.211 e. The van der Waals surface area contributed by atoms with Crippen LogP contribution >= 0.6 is 0 Å². The third-order valence-corrected chi connectivity index (χ3v) is 3.61. The average molecular weight is 303 g/mol. The van der Waals surface area contributed by atoms with Crippen LogP contribution in [0, 0.1) is 0 Å². The Kier molecular flexibility index (Phi) is 3.12. The highest BCUT2D eigenvalue weighted by Crippen LogP contribution is 2.26. The van der Waals surface area contributed by atoms with Crippen LogP contribution in [0.4, 0.5) is 5.69 Å². The Balaban J connectivity index is 1.76. The van der Waals surface area contributed by atoms with Crippen molar-refractivity contribution in [3.05, 3.63) is 54.7 Å². The summed E-state index contributed by atoms with van der Waals surface area (Å²) in [6, 6.07) is 15.5. The summed E-state index contributed by atoms with van der Waals surface area (Å²) in [5, 5.41) is 2.66. The Morgan fingerprint density at radius 2 is 1.83 bits per heavy atom. The Morgan fingerprint density at radius 3 is 2.65 bits per heavy atom. The van der Waals surface area contributed by atoms with E-state index in [-0.39, 0.29) is 0 Å². The lowest BCUT2D eigenvalue weighted by molar-refractivity contribution is -0.105. The topological polar surface area (TPSA) is 86.5 Å². The Labute approximate surface area is 131 Å². The predicted molar refractivity (Wildman–Crippen MR) is 88.8 cm³/mol. The first-order chi connectivity index (χ1) is 11.3. The highest BCUT2D eigenvalue weighted by Gasteiger charge is 2.11. The van der Waals surface area contributed by atoms with Crippen molar-refractivity contribution < 1.29 is 4.79 Å². The highest BCUT2D eigenvalue weighted by atomic mass is 16.1. The number of nitrogens with one attached hydrogen (secondary N) is 3. The summed E-state index contributed by atoms with van der Waals surface area (Å²) in [5.74, 6) is 1.46. The molecule has 0 aliphatic heterocycles. The van der Waals surface area contributed by atoms with E-state index >= 15 is 0 Å². The molecule has 0 saturated carbocycles. The second kappa shape index (κ2) is 5.42. The molecule has 0 aliphatic rings. The Morgan fingerprint density at radius 1 is 0.957 bits per heavy atom. The maximum absolute atomic E-state index is 10.7. The zero-order chi connectivity index (χ0) is 15.6. The van der Waals surface area contributed by atoms with E-state index in [1.807, 2.05) is 48.5 Å². The summed E-state index contributed by atoms with van der Waals surface area (Å²) in [4.78, 5) is 26.2. The van der Waals surface area contributed by atoms with Crippen molar-refractivity contribution in [2.75, 3.05) is 5.32 Å². The van der Waals surface area contributed by atoms with Gasteiger partial charge in [-0.1, -0.05) is 36.4 Å². The van der Waals surface area contributed by atoms with Gasteiger partial charge >= 0.3 is 0 Å². The monoisotopic (exact) mass is 303 g/mol. The van der Waals surface area contributed by atoms with E-state index in [2.05, 4.69) is 25.3 Å².